The van der Waals surface area contributed by atoms with Crippen LogP contribution in [0, 0.1) is 5.92 Å². The molecule has 88 valence electrons. The van der Waals surface area contributed by atoms with Crippen molar-refractivity contribution in [2.45, 2.75) is 25.8 Å². The summed E-state index contributed by atoms with van der Waals surface area (Å²) in [4.78, 5) is 15.0. The molecular formula is C12H17NO2S. The van der Waals surface area contributed by atoms with Crippen LogP contribution in [0.5, 0.6) is 0 Å². The number of likely N-dealkylation sites (tertiary alicyclic amines) is 1. The van der Waals surface area contributed by atoms with Crippen LogP contribution in [-0.4, -0.2) is 29.1 Å². The number of amides is 1. The van der Waals surface area contributed by atoms with Crippen LogP contribution in [0.3, 0.4) is 0 Å². The van der Waals surface area contributed by atoms with Crippen LogP contribution in [0.15, 0.2) is 17.5 Å². The minimum Gasteiger partial charge on any atom is -0.396 e. The molecule has 0 spiro atoms. The van der Waals surface area contributed by atoms with Gasteiger partial charge in [0.2, 0.25) is 5.91 Å². The van der Waals surface area contributed by atoms with E-state index in [1.807, 2.05) is 16.3 Å². The van der Waals surface area contributed by atoms with Gasteiger partial charge >= 0.3 is 0 Å². The molecule has 1 aliphatic heterocycles. The molecule has 16 heavy (non-hydrogen) atoms. The highest BCUT2D eigenvalue weighted by Gasteiger charge is 2.34. The van der Waals surface area contributed by atoms with E-state index in [0.29, 0.717) is 13.0 Å². The molecule has 0 aliphatic carbocycles. The van der Waals surface area contributed by atoms with Crippen LogP contribution in [0.4, 0.5) is 0 Å². The van der Waals surface area contributed by atoms with Crippen LogP contribution in [0.1, 0.15) is 30.7 Å². The number of carbonyl (C=O) groups excluding carboxylic acids is 1. The Bertz CT molecular complexity index is 350. The number of rotatable bonds is 4. The lowest BCUT2D eigenvalue weighted by molar-refractivity contribution is -0.129. The van der Waals surface area contributed by atoms with E-state index in [0.717, 1.165) is 6.42 Å². The van der Waals surface area contributed by atoms with Crippen LogP contribution < -0.4 is 0 Å². The van der Waals surface area contributed by atoms with Gasteiger partial charge in [0.05, 0.1) is 6.04 Å². The van der Waals surface area contributed by atoms with E-state index in [1.54, 1.807) is 11.3 Å². The molecule has 1 aliphatic rings. The van der Waals surface area contributed by atoms with Crippen LogP contribution >= 0.6 is 11.3 Å². The standard InChI is InChI=1S/C12H17NO2S/c1-2-10(11-4-3-5-16-11)13-7-9(8-14)6-12(13)15/h3-5,9-10,14H,2,6-8H2,1H3. The predicted octanol–water partition coefficient (Wildman–Crippen LogP) is 2.04. The maximum atomic E-state index is 11.9. The maximum Gasteiger partial charge on any atom is 0.223 e. The molecule has 1 aromatic rings. The van der Waals surface area contributed by atoms with Crippen molar-refractivity contribution in [3.05, 3.63) is 22.4 Å². The molecule has 2 heterocycles. The summed E-state index contributed by atoms with van der Waals surface area (Å²) in [5, 5.41) is 11.2. The third-order valence-corrected chi connectivity index (χ3v) is 4.10. The second-order valence-electron chi connectivity index (χ2n) is 4.24. The summed E-state index contributed by atoms with van der Waals surface area (Å²) in [5.41, 5.74) is 0. The molecule has 2 rings (SSSR count). The summed E-state index contributed by atoms with van der Waals surface area (Å²) in [6.07, 6.45) is 1.43. The molecule has 1 aromatic heterocycles. The van der Waals surface area contributed by atoms with Gasteiger partial charge in [0.1, 0.15) is 0 Å². The molecule has 1 saturated heterocycles. The Hall–Kier alpha value is -0.870. The largest absolute Gasteiger partial charge is 0.396 e. The fourth-order valence-electron chi connectivity index (χ4n) is 2.29. The average molecular weight is 239 g/mol. The van der Waals surface area contributed by atoms with E-state index in [1.165, 1.54) is 4.88 Å². The normalized spacial score (nSPS) is 22.8. The molecule has 0 saturated carbocycles. The first kappa shape index (κ1) is 11.6. The van der Waals surface area contributed by atoms with Gasteiger partial charge in [-0.15, -0.1) is 11.3 Å². The van der Waals surface area contributed by atoms with Crippen molar-refractivity contribution in [3.63, 3.8) is 0 Å². The number of hydrogen-bond acceptors (Lipinski definition) is 3. The minimum absolute atomic E-state index is 0.114. The molecular weight excluding hydrogens is 222 g/mol. The first-order chi connectivity index (χ1) is 7.76. The Labute approximate surface area is 99.7 Å². The lowest BCUT2D eigenvalue weighted by Gasteiger charge is -2.26. The van der Waals surface area contributed by atoms with Gasteiger partial charge in [-0.2, -0.15) is 0 Å². The van der Waals surface area contributed by atoms with Gasteiger partial charge in [-0.05, 0) is 17.9 Å². The molecule has 1 N–H and O–H groups in total. The maximum absolute atomic E-state index is 11.9. The summed E-state index contributed by atoms with van der Waals surface area (Å²) in [5.74, 6) is 0.306. The fraction of sp³-hybridized carbons (Fsp3) is 0.583. The molecule has 1 fully saturated rings. The van der Waals surface area contributed by atoms with E-state index >= 15 is 0 Å². The van der Waals surface area contributed by atoms with Crippen molar-refractivity contribution in [3.8, 4) is 0 Å². The minimum atomic E-state index is 0.114. The molecule has 2 atom stereocenters. The smallest absolute Gasteiger partial charge is 0.223 e. The number of hydrogen-bond donors (Lipinski definition) is 1. The summed E-state index contributed by atoms with van der Waals surface area (Å²) in [7, 11) is 0. The molecule has 0 bridgehead atoms. The van der Waals surface area contributed by atoms with Gasteiger partial charge in [0, 0.05) is 30.4 Å². The van der Waals surface area contributed by atoms with Gasteiger partial charge in [0.25, 0.3) is 0 Å². The van der Waals surface area contributed by atoms with Gasteiger partial charge < -0.3 is 10.0 Å². The van der Waals surface area contributed by atoms with E-state index < -0.39 is 0 Å². The highest BCUT2D eigenvalue weighted by atomic mass is 32.1. The lowest BCUT2D eigenvalue weighted by atomic mass is 10.1. The van der Waals surface area contributed by atoms with Crippen molar-refractivity contribution in [2.24, 2.45) is 5.92 Å². The molecule has 2 unspecified atom stereocenters. The Kier molecular flexibility index (Phi) is 3.61. The van der Waals surface area contributed by atoms with Crippen molar-refractivity contribution in [2.75, 3.05) is 13.2 Å². The molecule has 0 aromatic carbocycles. The third-order valence-electron chi connectivity index (χ3n) is 3.13. The van der Waals surface area contributed by atoms with E-state index in [-0.39, 0.29) is 24.5 Å². The van der Waals surface area contributed by atoms with Gasteiger partial charge in [-0.1, -0.05) is 13.0 Å². The molecule has 4 heteroatoms. The predicted molar refractivity (Wildman–Crippen MR) is 64.3 cm³/mol. The molecule has 0 radical (unpaired) electrons. The Morgan fingerprint density at radius 2 is 2.50 bits per heavy atom. The highest BCUT2D eigenvalue weighted by molar-refractivity contribution is 7.10. The summed E-state index contributed by atoms with van der Waals surface area (Å²) < 4.78 is 0. The zero-order valence-corrected chi connectivity index (χ0v) is 10.2. The van der Waals surface area contributed by atoms with E-state index in [4.69, 9.17) is 5.11 Å². The second kappa shape index (κ2) is 4.97. The van der Waals surface area contributed by atoms with Crippen molar-refractivity contribution < 1.29 is 9.90 Å². The van der Waals surface area contributed by atoms with Crippen LogP contribution in [0.25, 0.3) is 0 Å². The molecule has 3 nitrogen and oxygen atoms in total. The fourth-order valence-corrected chi connectivity index (χ4v) is 3.21. The van der Waals surface area contributed by atoms with Crippen LogP contribution in [0.2, 0.25) is 0 Å². The lowest BCUT2D eigenvalue weighted by Crippen LogP contribution is -2.29. The summed E-state index contributed by atoms with van der Waals surface area (Å²) in [6, 6.07) is 4.30. The number of nitrogens with zero attached hydrogens (tertiary/aromatic N) is 1. The Balaban J connectivity index is 2.14. The van der Waals surface area contributed by atoms with Crippen molar-refractivity contribution in [1.82, 2.24) is 4.90 Å². The first-order valence-electron chi connectivity index (χ1n) is 5.70. The van der Waals surface area contributed by atoms with Crippen LogP contribution in [-0.2, 0) is 4.79 Å². The first-order valence-corrected chi connectivity index (χ1v) is 6.58. The zero-order valence-electron chi connectivity index (χ0n) is 9.43. The Morgan fingerprint density at radius 1 is 1.69 bits per heavy atom. The number of aliphatic hydroxyl groups excluding tert-OH is 1. The van der Waals surface area contributed by atoms with Gasteiger partial charge in [-0.25, -0.2) is 0 Å². The summed E-state index contributed by atoms with van der Waals surface area (Å²) >= 11 is 1.70. The topological polar surface area (TPSA) is 40.5 Å². The highest BCUT2D eigenvalue weighted by Crippen LogP contribution is 2.32. The van der Waals surface area contributed by atoms with Crippen molar-refractivity contribution >= 4 is 17.2 Å². The average Bonchev–Trinajstić information content (AvgIpc) is 2.91. The summed E-state index contributed by atoms with van der Waals surface area (Å²) in [6.45, 7) is 2.92. The van der Waals surface area contributed by atoms with Gasteiger partial charge in [0.15, 0.2) is 0 Å². The number of carbonyl (C=O) groups is 1. The quantitative estimate of drug-likeness (QED) is 0.873. The van der Waals surface area contributed by atoms with E-state index in [9.17, 15) is 4.79 Å². The second-order valence-corrected chi connectivity index (χ2v) is 5.22. The zero-order chi connectivity index (χ0) is 11.5. The molecule has 1 amide bonds. The SMILES string of the molecule is CCC(c1cccs1)N1CC(CO)CC1=O. The number of aliphatic hydroxyl groups is 1. The number of thiophene rings is 1. The Morgan fingerprint density at radius 3 is 3.00 bits per heavy atom. The van der Waals surface area contributed by atoms with Crippen molar-refractivity contribution in [1.29, 1.82) is 0 Å². The van der Waals surface area contributed by atoms with E-state index in [2.05, 4.69) is 13.0 Å². The monoisotopic (exact) mass is 239 g/mol. The van der Waals surface area contributed by atoms with Gasteiger partial charge in [-0.3, -0.25) is 4.79 Å². The third kappa shape index (κ3) is 2.13.